The van der Waals surface area contributed by atoms with Crippen molar-refractivity contribution in [3.05, 3.63) is 75.7 Å². The van der Waals surface area contributed by atoms with Crippen LogP contribution in [-0.4, -0.2) is 39.0 Å². The third-order valence-corrected chi connectivity index (χ3v) is 6.29. The molecule has 2 aromatic rings. The molecule has 1 aliphatic heterocycles. The Kier molecular flexibility index (Phi) is 7.47. The van der Waals surface area contributed by atoms with Crippen LogP contribution in [0.15, 0.2) is 59.5 Å². The number of benzene rings is 2. The molecule has 0 atom stereocenters. The number of hydrogen-bond donors (Lipinski definition) is 0. The van der Waals surface area contributed by atoms with E-state index in [2.05, 4.69) is 0 Å². The summed E-state index contributed by atoms with van der Waals surface area (Å²) >= 11 is 12.8. The Hall–Kier alpha value is -2.15. The Bertz CT molecular complexity index is 947. The molecule has 0 spiro atoms. The Morgan fingerprint density at radius 2 is 1.86 bits per heavy atom. The van der Waals surface area contributed by atoms with Crippen LogP contribution in [0.5, 0.6) is 0 Å². The van der Waals surface area contributed by atoms with E-state index in [9.17, 15) is 9.59 Å². The number of thioether (sulfide) groups is 1. The van der Waals surface area contributed by atoms with E-state index in [0.29, 0.717) is 27.3 Å². The number of halogens is 1. The minimum atomic E-state index is -0.182. The van der Waals surface area contributed by atoms with Crippen molar-refractivity contribution >= 4 is 57.8 Å². The van der Waals surface area contributed by atoms with Crippen LogP contribution >= 0.6 is 35.6 Å². The lowest BCUT2D eigenvalue weighted by molar-refractivity contribution is -0.132. The zero-order chi connectivity index (χ0) is 20.8. The van der Waals surface area contributed by atoms with Crippen LogP contribution in [0.3, 0.4) is 0 Å². The molecule has 0 bridgehead atoms. The van der Waals surface area contributed by atoms with Gasteiger partial charge in [0.15, 0.2) is 0 Å². The molecule has 4 nitrogen and oxygen atoms in total. The summed E-state index contributed by atoms with van der Waals surface area (Å²) in [4.78, 5) is 29.2. The number of carbonyl (C=O) groups excluding carboxylic acids is 2. The summed E-state index contributed by atoms with van der Waals surface area (Å²) < 4.78 is 0.465. The molecular formula is C22H21ClN2O2S2. The number of thiocarbonyl (C=S) groups is 1. The van der Waals surface area contributed by atoms with E-state index in [-0.39, 0.29) is 24.8 Å². The van der Waals surface area contributed by atoms with Crippen molar-refractivity contribution in [3.8, 4) is 0 Å². The molecule has 0 N–H and O–H groups in total. The monoisotopic (exact) mass is 444 g/mol. The van der Waals surface area contributed by atoms with Crippen LogP contribution in [0.25, 0.3) is 6.08 Å². The molecule has 1 heterocycles. The summed E-state index contributed by atoms with van der Waals surface area (Å²) in [5.41, 5.74) is 1.85. The van der Waals surface area contributed by atoms with Crippen LogP contribution < -0.4 is 0 Å². The maximum atomic E-state index is 12.8. The summed E-state index contributed by atoms with van der Waals surface area (Å²) in [6.07, 6.45) is 1.98. The van der Waals surface area contributed by atoms with Crippen molar-refractivity contribution in [3.63, 3.8) is 0 Å². The van der Waals surface area contributed by atoms with Crippen molar-refractivity contribution in [1.82, 2.24) is 9.80 Å². The summed E-state index contributed by atoms with van der Waals surface area (Å²) in [6, 6.07) is 17.2. The first-order chi connectivity index (χ1) is 14.0. The van der Waals surface area contributed by atoms with Crippen molar-refractivity contribution in [2.45, 2.75) is 19.9 Å². The average Bonchev–Trinajstić information content (AvgIpc) is 2.99. The average molecular weight is 445 g/mol. The van der Waals surface area contributed by atoms with Gasteiger partial charge >= 0.3 is 0 Å². The topological polar surface area (TPSA) is 40.6 Å². The van der Waals surface area contributed by atoms with Gasteiger partial charge in [-0.2, -0.15) is 0 Å². The Balaban J connectivity index is 1.62. The van der Waals surface area contributed by atoms with Crippen molar-refractivity contribution in [2.24, 2.45) is 0 Å². The largest absolute Gasteiger partial charge is 0.339 e. The van der Waals surface area contributed by atoms with E-state index in [0.717, 1.165) is 11.1 Å². The van der Waals surface area contributed by atoms with Crippen LogP contribution in [0.2, 0.25) is 5.02 Å². The van der Waals surface area contributed by atoms with Crippen LogP contribution in [0.4, 0.5) is 0 Å². The normalized spacial score (nSPS) is 15.2. The SMILES string of the molecule is CCN(Cc1ccccc1)C(=O)CCN1C(=O)C(=Cc2ccccc2Cl)SC1=S. The van der Waals surface area contributed by atoms with E-state index in [4.69, 9.17) is 23.8 Å². The van der Waals surface area contributed by atoms with Gasteiger partial charge in [0.2, 0.25) is 5.91 Å². The molecule has 0 aromatic heterocycles. The lowest BCUT2D eigenvalue weighted by atomic mass is 10.2. The molecule has 1 aliphatic rings. The highest BCUT2D eigenvalue weighted by molar-refractivity contribution is 8.26. The van der Waals surface area contributed by atoms with Gasteiger partial charge in [-0.1, -0.05) is 84.1 Å². The molecular weight excluding hydrogens is 424 g/mol. The molecule has 2 amide bonds. The second-order valence-corrected chi connectivity index (χ2v) is 8.58. The van der Waals surface area contributed by atoms with Crippen LogP contribution in [0, 0.1) is 0 Å². The summed E-state index contributed by atoms with van der Waals surface area (Å²) in [5.74, 6) is -0.181. The molecule has 1 fully saturated rings. The lowest BCUT2D eigenvalue weighted by Crippen LogP contribution is -2.35. The minimum Gasteiger partial charge on any atom is -0.339 e. The molecule has 29 heavy (non-hydrogen) atoms. The lowest BCUT2D eigenvalue weighted by Gasteiger charge is -2.22. The van der Waals surface area contributed by atoms with Gasteiger partial charge in [0.25, 0.3) is 5.91 Å². The Morgan fingerprint density at radius 1 is 1.17 bits per heavy atom. The molecule has 0 unspecified atom stereocenters. The molecule has 1 saturated heterocycles. The molecule has 7 heteroatoms. The van der Waals surface area contributed by atoms with Gasteiger partial charge in [-0.05, 0) is 30.2 Å². The van der Waals surface area contributed by atoms with Gasteiger partial charge in [-0.25, -0.2) is 0 Å². The number of amides is 2. The Labute approximate surface area is 185 Å². The molecule has 0 saturated carbocycles. The molecule has 150 valence electrons. The summed E-state index contributed by atoms with van der Waals surface area (Å²) in [5, 5.41) is 0.576. The van der Waals surface area contributed by atoms with E-state index in [1.54, 1.807) is 17.0 Å². The van der Waals surface area contributed by atoms with E-state index in [1.165, 1.54) is 16.7 Å². The van der Waals surface area contributed by atoms with Gasteiger partial charge in [0, 0.05) is 31.1 Å². The van der Waals surface area contributed by atoms with Gasteiger partial charge < -0.3 is 4.90 Å². The number of hydrogen-bond acceptors (Lipinski definition) is 4. The van der Waals surface area contributed by atoms with Crippen molar-refractivity contribution < 1.29 is 9.59 Å². The maximum Gasteiger partial charge on any atom is 0.266 e. The first kappa shape index (κ1) is 21.6. The van der Waals surface area contributed by atoms with Gasteiger partial charge in [0.05, 0.1) is 4.91 Å². The van der Waals surface area contributed by atoms with Gasteiger partial charge in [-0.3, -0.25) is 14.5 Å². The third kappa shape index (κ3) is 5.47. The number of rotatable bonds is 7. The van der Waals surface area contributed by atoms with Crippen LogP contribution in [0.1, 0.15) is 24.5 Å². The molecule has 0 aliphatic carbocycles. The smallest absolute Gasteiger partial charge is 0.266 e. The van der Waals surface area contributed by atoms with Crippen LogP contribution in [-0.2, 0) is 16.1 Å². The third-order valence-electron chi connectivity index (χ3n) is 4.57. The second-order valence-electron chi connectivity index (χ2n) is 6.50. The summed E-state index contributed by atoms with van der Waals surface area (Å²) in [6.45, 7) is 3.39. The standard InChI is InChI=1S/C22H21ClN2O2S2/c1-2-24(15-16-8-4-3-5-9-16)20(26)12-13-25-21(27)19(29-22(25)28)14-17-10-6-7-11-18(17)23/h3-11,14H,2,12-13,15H2,1H3. The van der Waals surface area contributed by atoms with Gasteiger partial charge in [0.1, 0.15) is 4.32 Å². The predicted octanol–water partition coefficient (Wildman–Crippen LogP) is 4.98. The number of nitrogens with zero attached hydrogens (tertiary/aromatic N) is 2. The number of carbonyl (C=O) groups is 2. The Morgan fingerprint density at radius 3 is 2.55 bits per heavy atom. The van der Waals surface area contributed by atoms with Crippen molar-refractivity contribution in [2.75, 3.05) is 13.1 Å². The zero-order valence-electron chi connectivity index (χ0n) is 16.0. The second kappa shape index (κ2) is 10.1. The first-order valence-electron chi connectivity index (χ1n) is 9.31. The highest BCUT2D eigenvalue weighted by atomic mass is 35.5. The predicted molar refractivity (Wildman–Crippen MR) is 123 cm³/mol. The van der Waals surface area contributed by atoms with Crippen molar-refractivity contribution in [1.29, 1.82) is 0 Å². The maximum absolute atomic E-state index is 12.8. The molecule has 3 rings (SSSR count). The van der Waals surface area contributed by atoms with E-state index in [1.807, 2.05) is 55.5 Å². The fourth-order valence-corrected chi connectivity index (χ4v) is 4.46. The fourth-order valence-electron chi connectivity index (χ4n) is 2.97. The zero-order valence-corrected chi connectivity index (χ0v) is 18.4. The highest BCUT2D eigenvalue weighted by Gasteiger charge is 2.32. The molecule has 0 radical (unpaired) electrons. The van der Waals surface area contributed by atoms with E-state index < -0.39 is 0 Å². The highest BCUT2D eigenvalue weighted by Crippen LogP contribution is 2.33. The van der Waals surface area contributed by atoms with Gasteiger partial charge in [-0.15, -0.1) is 0 Å². The molecule has 2 aromatic carbocycles. The quantitative estimate of drug-likeness (QED) is 0.446. The van der Waals surface area contributed by atoms with E-state index >= 15 is 0 Å². The minimum absolute atomic E-state index is 0.000450. The first-order valence-corrected chi connectivity index (χ1v) is 10.9. The fraction of sp³-hybridized carbons (Fsp3) is 0.227. The summed E-state index contributed by atoms with van der Waals surface area (Å²) in [7, 11) is 0.